The Hall–Kier alpha value is -2.50. The summed E-state index contributed by atoms with van der Waals surface area (Å²) in [5.41, 5.74) is 1.86. The van der Waals surface area contributed by atoms with Crippen molar-refractivity contribution in [3.05, 3.63) is 51.4 Å². The number of rotatable bonds is 5. The molecule has 0 bridgehead atoms. The molecule has 6 nitrogen and oxygen atoms in total. The van der Waals surface area contributed by atoms with Gasteiger partial charge in [0, 0.05) is 11.6 Å². The summed E-state index contributed by atoms with van der Waals surface area (Å²) in [6.45, 7) is 6.33. The molecule has 21 heavy (non-hydrogen) atoms. The van der Waals surface area contributed by atoms with Crippen molar-refractivity contribution < 1.29 is 9.53 Å². The lowest BCUT2D eigenvalue weighted by Crippen LogP contribution is -2.27. The second-order valence-electron chi connectivity index (χ2n) is 4.84. The largest absolute Gasteiger partial charge is 0.494 e. The van der Waals surface area contributed by atoms with Crippen molar-refractivity contribution in [3.63, 3.8) is 0 Å². The molecule has 0 aliphatic carbocycles. The molecule has 1 heterocycles. The van der Waals surface area contributed by atoms with Crippen LogP contribution in [0.2, 0.25) is 0 Å². The normalized spacial score (nSPS) is 12.0. The molecule has 1 atom stereocenters. The molecule has 1 aromatic heterocycles. The molecule has 0 saturated heterocycles. The first-order valence-corrected chi connectivity index (χ1v) is 6.83. The van der Waals surface area contributed by atoms with Gasteiger partial charge in [-0.1, -0.05) is 17.7 Å². The summed E-state index contributed by atoms with van der Waals surface area (Å²) in [5, 5.41) is 7.71. The van der Waals surface area contributed by atoms with Crippen LogP contribution < -0.4 is 15.6 Å². The van der Waals surface area contributed by atoms with Crippen LogP contribution in [0.1, 0.15) is 41.5 Å². The van der Waals surface area contributed by atoms with E-state index in [9.17, 15) is 9.59 Å². The van der Waals surface area contributed by atoms with Gasteiger partial charge in [-0.05, 0) is 26.8 Å². The Bertz CT molecular complexity index is 687. The number of aromatic amines is 2. The van der Waals surface area contributed by atoms with Crippen LogP contribution in [0.5, 0.6) is 5.75 Å². The van der Waals surface area contributed by atoms with Gasteiger partial charge < -0.3 is 10.1 Å². The summed E-state index contributed by atoms with van der Waals surface area (Å²) in [6, 6.07) is 6.83. The summed E-state index contributed by atoms with van der Waals surface area (Å²) in [6.07, 6.45) is 0. The fourth-order valence-electron chi connectivity index (χ4n) is 2.10. The Balaban J connectivity index is 2.19. The van der Waals surface area contributed by atoms with E-state index in [4.69, 9.17) is 4.74 Å². The Labute approximate surface area is 122 Å². The van der Waals surface area contributed by atoms with E-state index in [0.29, 0.717) is 6.61 Å². The zero-order valence-corrected chi connectivity index (χ0v) is 12.3. The number of H-pyrrole nitrogens is 2. The minimum absolute atomic E-state index is 0.206. The lowest BCUT2D eigenvalue weighted by atomic mass is 10.0. The summed E-state index contributed by atoms with van der Waals surface area (Å²) in [5.74, 6) is 0.406. The average Bonchev–Trinajstić information content (AvgIpc) is 2.87. The van der Waals surface area contributed by atoms with Crippen molar-refractivity contribution in [2.24, 2.45) is 0 Å². The lowest BCUT2D eigenvalue weighted by molar-refractivity contribution is 0.0934. The van der Waals surface area contributed by atoms with Crippen LogP contribution in [0.3, 0.4) is 0 Å². The maximum Gasteiger partial charge on any atom is 0.269 e. The van der Waals surface area contributed by atoms with Crippen LogP contribution >= 0.6 is 0 Å². The maximum atomic E-state index is 12.1. The molecule has 0 radical (unpaired) electrons. The van der Waals surface area contributed by atoms with Gasteiger partial charge in [0.05, 0.1) is 12.6 Å². The van der Waals surface area contributed by atoms with Gasteiger partial charge in [0.15, 0.2) is 0 Å². The zero-order valence-electron chi connectivity index (χ0n) is 12.3. The molecular weight excluding hydrogens is 270 g/mol. The van der Waals surface area contributed by atoms with E-state index in [2.05, 4.69) is 15.5 Å². The molecule has 1 aromatic carbocycles. The molecule has 0 spiro atoms. The number of carbonyl (C=O) groups is 1. The van der Waals surface area contributed by atoms with E-state index in [-0.39, 0.29) is 23.2 Å². The first kappa shape index (κ1) is 14.9. The van der Waals surface area contributed by atoms with Crippen molar-refractivity contribution in [2.45, 2.75) is 26.8 Å². The highest BCUT2D eigenvalue weighted by Gasteiger charge is 2.16. The number of benzene rings is 1. The molecular formula is C15H19N3O3. The van der Waals surface area contributed by atoms with E-state index >= 15 is 0 Å². The zero-order chi connectivity index (χ0) is 15.4. The van der Waals surface area contributed by atoms with E-state index in [1.165, 1.54) is 6.07 Å². The predicted octanol–water partition coefficient (Wildman–Crippen LogP) is 1.90. The highest BCUT2D eigenvalue weighted by Crippen LogP contribution is 2.26. The maximum absolute atomic E-state index is 12.1. The third kappa shape index (κ3) is 3.53. The molecule has 0 fully saturated rings. The number of nitrogens with one attached hydrogen (secondary N) is 3. The SMILES string of the molecule is CCOc1ccc(C)cc1C(C)NC(=O)c1cc(=O)[nH][nH]1. The van der Waals surface area contributed by atoms with Crippen molar-refractivity contribution >= 4 is 5.91 Å². The van der Waals surface area contributed by atoms with Gasteiger partial charge in [-0.3, -0.25) is 19.8 Å². The molecule has 0 aliphatic heterocycles. The first-order valence-electron chi connectivity index (χ1n) is 6.83. The Kier molecular flexibility index (Phi) is 4.47. The Morgan fingerprint density at radius 1 is 1.33 bits per heavy atom. The molecule has 2 rings (SSSR count). The average molecular weight is 289 g/mol. The number of aromatic nitrogens is 2. The summed E-state index contributed by atoms with van der Waals surface area (Å²) in [4.78, 5) is 23.1. The Morgan fingerprint density at radius 3 is 2.71 bits per heavy atom. The van der Waals surface area contributed by atoms with Gasteiger partial charge in [-0.25, -0.2) is 0 Å². The molecule has 0 aliphatic rings. The number of ether oxygens (including phenoxy) is 1. The van der Waals surface area contributed by atoms with Crippen LogP contribution in [0.25, 0.3) is 0 Å². The quantitative estimate of drug-likeness (QED) is 0.785. The summed E-state index contributed by atoms with van der Waals surface area (Å²) < 4.78 is 5.59. The van der Waals surface area contributed by atoms with Gasteiger partial charge in [-0.2, -0.15) is 0 Å². The monoisotopic (exact) mass is 289 g/mol. The molecule has 112 valence electrons. The van der Waals surface area contributed by atoms with E-state index in [1.807, 2.05) is 39.0 Å². The third-order valence-electron chi connectivity index (χ3n) is 3.12. The van der Waals surface area contributed by atoms with E-state index in [1.54, 1.807) is 0 Å². The molecule has 1 amide bonds. The highest BCUT2D eigenvalue weighted by molar-refractivity contribution is 5.92. The van der Waals surface area contributed by atoms with E-state index in [0.717, 1.165) is 16.9 Å². The lowest BCUT2D eigenvalue weighted by Gasteiger charge is -2.18. The van der Waals surface area contributed by atoms with Crippen LogP contribution in [0.4, 0.5) is 0 Å². The van der Waals surface area contributed by atoms with Crippen LogP contribution in [-0.4, -0.2) is 22.7 Å². The number of aryl methyl sites for hydroxylation is 1. The minimum Gasteiger partial charge on any atom is -0.494 e. The molecule has 0 saturated carbocycles. The second-order valence-corrected chi connectivity index (χ2v) is 4.84. The van der Waals surface area contributed by atoms with Crippen LogP contribution in [0, 0.1) is 6.92 Å². The van der Waals surface area contributed by atoms with Crippen molar-refractivity contribution in [1.82, 2.24) is 15.5 Å². The smallest absolute Gasteiger partial charge is 0.269 e. The van der Waals surface area contributed by atoms with E-state index < -0.39 is 0 Å². The van der Waals surface area contributed by atoms with Crippen molar-refractivity contribution in [1.29, 1.82) is 0 Å². The van der Waals surface area contributed by atoms with Crippen LogP contribution in [-0.2, 0) is 0 Å². The fraction of sp³-hybridized carbons (Fsp3) is 0.333. The summed E-state index contributed by atoms with van der Waals surface area (Å²) >= 11 is 0. The molecule has 2 aromatic rings. The van der Waals surface area contributed by atoms with Gasteiger partial charge in [0.1, 0.15) is 11.4 Å². The Morgan fingerprint density at radius 2 is 2.10 bits per heavy atom. The number of hydrogen-bond acceptors (Lipinski definition) is 3. The number of carbonyl (C=O) groups excluding carboxylic acids is 1. The third-order valence-corrected chi connectivity index (χ3v) is 3.12. The predicted molar refractivity (Wildman–Crippen MR) is 79.6 cm³/mol. The standard InChI is InChI=1S/C15H19N3O3/c1-4-21-13-6-5-9(2)7-11(13)10(3)16-15(20)12-8-14(19)18-17-12/h5-8,10H,4H2,1-3H3,(H,16,20)(H2,17,18,19). The summed E-state index contributed by atoms with van der Waals surface area (Å²) in [7, 11) is 0. The fourth-order valence-corrected chi connectivity index (χ4v) is 2.10. The van der Waals surface area contributed by atoms with Crippen molar-refractivity contribution in [3.8, 4) is 5.75 Å². The topological polar surface area (TPSA) is 87.0 Å². The van der Waals surface area contributed by atoms with Gasteiger partial charge in [0.25, 0.3) is 11.5 Å². The van der Waals surface area contributed by atoms with Gasteiger partial charge >= 0.3 is 0 Å². The molecule has 3 N–H and O–H groups in total. The van der Waals surface area contributed by atoms with Gasteiger partial charge in [-0.15, -0.1) is 0 Å². The number of amides is 1. The number of hydrogen-bond donors (Lipinski definition) is 3. The highest BCUT2D eigenvalue weighted by atomic mass is 16.5. The molecule has 1 unspecified atom stereocenters. The van der Waals surface area contributed by atoms with Gasteiger partial charge in [0.2, 0.25) is 0 Å². The van der Waals surface area contributed by atoms with Crippen LogP contribution in [0.15, 0.2) is 29.1 Å². The second kappa shape index (κ2) is 6.30. The minimum atomic E-state index is -0.343. The molecule has 6 heteroatoms. The van der Waals surface area contributed by atoms with Crippen molar-refractivity contribution in [2.75, 3.05) is 6.61 Å². The first-order chi connectivity index (χ1) is 10.0.